The van der Waals surface area contributed by atoms with E-state index in [0.717, 1.165) is 24.7 Å². The molecule has 7 nitrogen and oxygen atoms in total. The van der Waals surface area contributed by atoms with Crippen molar-refractivity contribution < 1.29 is 47.0 Å². The van der Waals surface area contributed by atoms with Crippen LogP contribution in [0.1, 0.15) is 84.0 Å². The van der Waals surface area contributed by atoms with E-state index in [0.29, 0.717) is 5.54 Å². The van der Waals surface area contributed by atoms with E-state index in [2.05, 4.69) is 42.6 Å². The van der Waals surface area contributed by atoms with Gasteiger partial charge < -0.3 is 0 Å². The number of carbonyl (C=O) groups is 1. The Labute approximate surface area is 237 Å². The molecule has 1 N–H and O–H groups in total. The summed E-state index contributed by atoms with van der Waals surface area (Å²) in [6.07, 6.45) is 16.9. The van der Waals surface area contributed by atoms with Gasteiger partial charge in [-0.1, -0.05) is 0 Å². The quantitative estimate of drug-likeness (QED) is 0.0535. The number of nitrogens with one attached hydrogen (secondary N) is 1. The Morgan fingerprint density at radius 3 is 2.57 bits per heavy atom. The van der Waals surface area contributed by atoms with E-state index < -0.39 is 23.4 Å². The van der Waals surface area contributed by atoms with Crippen molar-refractivity contribution in [1.82, 2.24) is 5.48 Å². The van der Waals surface area contributed by atoms with Crippen LogP contribution >= 0.6 is 21.8 Å². The molecule has 11 heteroatoms. The second-order valence-electron chi connectivity index (χ2n) is 10.7. The minimum absolute atomic E-state index is 0.0357. The minimum atomic E-state index is -2.64. The summed E-state index contributed by atoms with van der Waals surface area (Å²) in [5, 5.41) is 1.42. The van der Waals surface area contributed by atoms with Crippen molar-refractivity contribution in [3.63, 3.8) is 0 Å². The number of hydroxylamine groups is 1. The Morgan fingerprint density at radius 1 is 1.20 bits per heavy atom. The number of ketones is 1. The first-order chi connectivity index (χ1) is 16.8. The Kier molecular flexibility index (Phi) is 11.1. The van der Waals surface area contributed by atoms with E-state index in [4.69, 9.17) is 7.49 Å². The van der Waals surface area contributed by atoms with Crippen molar-refractivity contribution in [3.05, 3.63) is 11.3 Å². The van der Waals surface area contributed by atoms with Crippen LogP contribution in [0.5, 0.6) is 0 Å². The van der Waals surface area contributed by atoms with Gasteiger partial charge in [0.2, 0.25) is 0 Å². The zero-order valence-electron chi connectivity index (χ0n) is 20.7. The zero-order valence-corrected chi connectivity index (χ0v) is 26.8. The summed E-state index contributed by atoms with van der Waals surface area (Å²) < 4.78 is 38.3. The molecule has 0 amide bonds. The predicted molar refractivity (Wildman–Crippen MR) is 140 cm³/mol. The van der Waals surface area contributed by atoms with Gasteiger partial charge in [0, 0.05) is 0 Å². The fraction of sp³-hybridized carbons (Fsp3) is 0.875. The van der Waals surface area contributed by atoms with Gasteiger partial charge in [0.1, 0.15) is 0 Å². The first-order valence-corrected chi connectivity index (χ1v) is 22.2. The second-order valence-corrected chi connectivity index (χ2v) is 21.2. The molecule has 1 saturated heterocycles. The number of Topliss-reactive ketones (excluding diaryl/α,β-unsaturated/α-hetero) is 1. The summed E-state index contributed by atoms with van der Waals surface area (Å²) in [6.45, 7) is 1.68. The number of hydrogen-bond donors (Lipinski definition) is 1. The van der Waals surface area contributed by atoms with Gasteiger partial charge in [0.25, 0.3) is 0 Å². The third-order valence-corrected chi connectivity index (χ3v) is 23.5. The average molecular weight is 752 g/mol. The molecule has 1 aliphatic heterocycles. The summed E-state index contributed by atoms with van der Waals surface area (Å²) in [7, 11) is 0. The number of allylic oxidation sites excluding steroid dienone is 2. The van der Waals surface area contributed by atoms with E-state index >= 15 is 0 Å². The maximum atomic E-state index is 12.8. The first kappa shape index (κ1) is 29.0. The Morgan fingerprint density at radius 2 is 1.91 bits per heavy atom. The third-order valence-electron chi connectivity index (χ3n) is 8.73. The maximum absolute atomic E-state index is 12.8. The summed E-state index contributed by atoms with van der Waals surface area (Å²) in [4.78, 5) is 15.0. The van der Waals surface area contributed by atoms with Crippen molar-refractivity contribution in [3.8, 4) is 0 Å². The standard InChI is InChI=1S/C24H40I2NO6SSi/c1-16(28)22-15-20(12-13-21(22)23-24(31-23)27-33-34(29)30)35(25,32-26-2)19-11-7-10-18(14-19)17-8-5-3-4-6-9-17/h12,17-19,21-24,27H,3-11,13-15H2,1-2H3,(H,29,30)/q-1/p-1. The third kappa shape index (κ3) is 7.37. The van der Waals surface area contributed by atoms with Gasteiger partial charge in [0.05, 0.1) is 0 Å². The molecule has 8 atom stereocenters. The van der Waals surface area contributed by atoms with E-state index in [1.807, 2.05) is 0 Å². The SMILES string of the molecule is C[I-]O[Si](I)(C1=CCC(C2OC2NOS(=O)[O-])C(C(C)=O)C1)C1CCCC(C2CCCCCC2)C1. The second kappa shape index (κ2) is 13.4. The number of carbonyl (C=O) groups excluding carboxylic acids is 1. The molecule has 2 saturated carbocycles. The van der Waals surface area contributed by atoms with Gasteiger partial charge in [-0.3, -0.25) is 0 Å². The normalized spacial score (nSPS) is 37.2. The van der Waals surface area contributed by atoms with Gasteiger partial charge in [-0.2, -0.15) is 0 Å². The van der Waals surface area contributed by atoms with Crippen LogP contribution in [0.15, 0.2) is 11.3 Å². The van der Waals surface area contributed by atoms with Gasteiger partial charge in [0.15, 0.2) is 0 Å². The van der Waals surface area contributed by atoms with Crippen LogP contribution in [0, 0.1) is 23.7 Å². The van der Waals surface area contributed by atoms with Crippen LogP contribution in [-0.2, 0) is 27.9 Å². The van der Waals surface area contributed by atoms with Crippen molar-refractivity contribution in [2.24, 2.45) is 23.7 Å². The monoisotopic (exact) mass is 751 g/mol. The van der Waals surface area contributed by atoms with E-state index in [1.165, 1.54) is 69.4 Å². The molecule has 8 unspecified atom stereocenters. The number of alkyl halides is 1. The number of epoxide rings is 1. The molecular weight excluding hydrogens is 712 g/mol. The van der Waals surface area contributed by atoms with Crippen LogP contribution in [0.2, 0.25) is 5.54 Å². The molecule has 0 aromatic rings. The molecule has 4 aliphatic rings. The fourth-order valence-electron chi connectivity index (χ4n) is 6.89. The van der Waals surface area contributed by atoms with Crippen LogP contribution in [0.4, 0.5) is 0 Å². The molecular formula is C24H39I2NO6SSi-2. The van der Waals surface area contributed by atoms with Crippen LogP contribution in [-0.4, -0.2) is 37.6 Å². The Hall–Kier alpha value is 1.04. The summed E-state index contributed by atoms with van der Waals surface area (Å²) >= 11 is -0.222. The van der Waals surface area contributed by atoms with Crippen molar-refractivity contribution in [2.45, 2.75) is 102 Å². The summed E-state index contributed by atoms with van der Waals surface area (Å²) in [5.74, 6) is -0.350. The molecule has 0 radical (unpaired) electrons. The molecule has 1 heterocycles. The number of halogens is 2. The van der Waals surface area contributed by atoms with Crippen molar-refractivity contribution in [1.29, 1.82) is 0 Å². The molecule has 202 valence electrons. The molecule has 35 heavy (non-hydrogen) atoms. The van der Waals surface area contributed by atoms with Crippen molar-refractivity contribution in [2.75, 3.05) is 4.93 Å². The molecule has 0 aromatic heterocycles. The van der Waals surface area contributed by atoms with Crippen LogP contribution < -0.4 is 27.1 Å². The van der Waals surface area contributed by atoms with Crippen molar-refractivity contribution >= 4 is 44.8 Å². The van der Waals surface area contributed by atoms with E-state index in [1.54, 1.807) is 6.92 Å². The Bertz CT molecular complexity index is 798. The summed E-state index contributed by atoms with van der Waals surface area (Å²) in [5.41, 5.74) is 3.07. The molecule has 0 bridgehead atoms. The fourth-order valence-corrected chi connectivity index (χ4v) is 20.3. The van der Waals surface area contributed by atoms with Gasteiger partial charge in [-0.05, 0) is 0 Å². The molecule has 3 fully saturated rings. The van der Waals surface area contributed by atoms with Gasteiger partial charge in [-0.15, -0.1) is 0 Å². The molecule has 3 aliphatic carbocycles. The van der Waals surface area contributed by atoms with Gasteiger partial charge >= 0.3 is 239 Å². The predicted octanol–water partition coefficient (Wildman–Crippen LogP) is 2.17. The molecule has 0 aromatic carbocycles. The van der Waals surface area contributed by atoms with E-state index in [9.17, 15) is 13.6 Å². The number of ether oxygens (including phenoxy) is 1. The molecule has 4 rings (SSSR count). The topological polar surface area (TPSA) is 100 Å². The van der Waals surface area contributed by atoms with Crippen LogP contribution in [0.3, 0.4) is 0 Å². The molecule has 0 spiro atoms. The number of rotatable bonds is 10. The van der Waals surface area contributed by atoms with Gasteiger partial charge in [-0.25, -0.2) is 0 Å². The average Bonchev–Trinajstić information content (AvgIpc) is 3.66. The summed E-state index contributed by atoms with van der Waals surface area (Å²) in [6, 6.07) is 0. The van der Waals surface area contributed by atoms with E-state index in [-0.39, 0.29) is 45.3 Å². The van der Waals surface area contributed by atoms with Crippen LogP contribution in [0.25, 0.3) is 0 Å². The Balaban J connectivity index is 1.47. The zero-order chi connectivity index (χ0) is 25.0. The number of hydrogen-bond acceptors (Lipinski definition) is 7. The first-order valence-electron chi connectivity index (χ1n) is 13.1.